The van der Waals surface area contributed by atoms with E-state index in [1.165, 1.54) is 66.9 Å². The summed E-state index contributed by atoms with van der Waals surface area (Å²) in [7, 11) is 0. The fourth-order valence-corrected chi connectivity index (χ4v) is 10.1. The molecule has 282 valence electrons. The van der Waals surface area contributed by atoms with Gasteiger partial charge in [0.25, 0.3) is 0 Å². The molecule has 0 spiro atoms. The van der Waals surface area contributed by atoms with Gasteiger partial charge in [0.2, 0.25) is 0 Å². The van der Waals surface area contributed by atoms with Gasteiger partial charge in [0.15, 0.2) is 0 Å². The molecular weight excluding hydrogens is 691 g/mol. The molecule has 0 fully saturated rings. The minimum absolute atomic E-state index is 0.0421. The van der Waals surface area contributed by atoms with Crippen LogP contribution in [0.3, 0.4) is 0 Å². The number of hydrogen-bond donors (Lipinski definition) is 0. The number of fused-ring (bicyclic) bond motifs is 9. The molecule has 0 saturated heterocycles. The Morgan fingerprint density at radius 2 is 1.09 bits per heavy atom. The van der Waals surface area contributed by atoms with Gasteiger partial charge in [-0.05, 0) is 104 Å². The van der Waals surface area contributed by atoms with Crippen LogP contribution in [0.25, 0.3) is 44.2 Å². The minimum Gasteiger partial charge on any atom is -0.456 e. The van der Waals surface area contributed by atoms with Crippen molar-refractivity contribution in [1.82, 2.24) is 0 Å². The van der Waals surface area contributed by atoms with E-state index >= 15 is 0 Å². The molecule has 10 rings (SSSR count). The van der Waals surface area contributed by atoms with Crippen LogP contribution in [0.5, 0.6) is 0 Å². The summed E-state index contributed by atoms with van der Waals surface area (Å²) in [6.45, 7) is 21.0. The molecule has 2 aliphatic rings. The molecule has 0 aliphatic heterocycles. The highest BCUT2D eigenvalue weighted by atomic mass is 16.3. The lowest BCUT2D eigenvalue weighted by Gasteiger charge is -2.32. The molecule has 7 aromatic carbocycles. The molecular formula is C55H51NO. The molecule has 1 heterocycles. The average Bonchev–Trinajstić information content (AvgIpc) is 3.79. The Balaban J connectivity index is 1.30. The van der Waals surface area contributed by atoms with Crippen molar-refractivity contribution in [2.24, 2.45) is 0 Å². The second kappa shape index (κ2) is 12.1. The van der Waals surface area contributed by atoms with Crippen molar-refractivity contribution < 1.29 is 4.42 Å². The number of rotatable bonds is 4. The molecule has 0 N–H and O–H groups in total. The maximum absolute atomic E-state index is 6.99. The Labute approximate surface area is 337 Å². The lowest BCUT2D eigenvalue weighted by Crippen LogP contribution is -2.23. The zero-order chi connectivity index (χ0) is 39.6. The predicted octanol–water partition coefficient (Wildman–Crippen LogP) is 15.3. The predicted molar refractivity (Wildman–Crippen MR) is 241 cm³/mol. The van der Waals surface area contributed by atoms with Gasteiger partial charge in [0, 0.05) is 33.0 Å². The second-order valence-electron chi connectivity index (χ2n) is 19.1. The van der Waals surface area contributed by atoms with Crippen LogP contribution in [0.1, 0.15) is 101 Å². The number of furan rings is 1. The summed E-state index contributed by atoms with van der Waals surface area (Å²) in [5.41, 5.74) is 19.1. The first-order valence-corrected chi connectivity index (χ1v) is 20.5. The van der Waals surface area contributed by atoms with Crippen molar-refractivity contribution in [2.75, 3.05) is 4.90 Å². The smallest absolute Gasteiger partial charge is 0.139 e. The van der Waals surface area contributed by atoms with E-state index in [-0.39, 0.29) is 21.7 Å². The van der Waals surface area contributed by atoms with E-state index in [1.54, 1.807) is 0 Å². The molecule has 0 atom stereocenters. The zero-order valence-corrected chi connectivity index (χ0v) is 34.7. The van der Waals surface area contributed by atoms with Crippen LogP contribution >= 0.6 is 0 Å². The topological polar surface area (TPSA) is 16.4 Å². The van der Waals surface area contributed by atoms with Gasteiger partial charge < -0.3 is 9.32 Å². The van der Waals surface area contributed by atoms with E-state index in [0.717, 1.165) is 33.3 Å². The van der Waals surface area contributed by atoms with Gasteiger partial charge in [-0.3, -0.25) is 0 Å². The molecule has 0 bridgehead atoms. The van der Waals surface area contributed by atoms with Gasteiger partial charge in [-0.2, -0.15) is 0 Å². The summed E-state index contributed by atoms with van der Waals surface area (Å²) in [5, 5.41) is 2.30. The summed E-state index contributed by atoms with van der Waals surface area (Å²) in [4.78, 5) is 2.54. The Hall–Kier alpha value is -5.86. The van der Waals surface area contributed by atoms with E-state index in [0.29, 0.717) is 0 Å². The molecule has 0 radical (unpaired) electrons. The lowest BCUT2D eigenvalue weighted by atomic mass is 9.74. The van der Waals surface area contributed by atoms with Gasteiger partial charge in [-0.15, -0.1) is 0 Å². The second-order valence-corrected chi connectivity index (χ2v) is 19.1. The van der Waals surface area contributed by atoms with Crippen molar-refractivity contribution in [2.45, 2.75) is 84.0 Å². The fourth-order valence-electron chi connectivity index (χ4n) is 10.1. The SMILES string of the molecule is CC(C)(C)c1cc(C(C)(C)C)c2oc3cccc(N(c4cccc(C5(C)c6ccccc6-c6ccccc65)c4)c4cccc5c4-c4ccccc4C5(C)C)c3c2c1. The van der Waals surface area contributed by atoms with Crippen molar-refractivity contribution in [3.8, 4) is 22.3 Å². The van der Waals surface area contributed by atoms with Crippen LogP contribution in [0.15, 0.2) is 150 Å². The Morgan fingerprint density at radius 1 is 0.509 bits per heavy atom. The highest BCUT2D eigenvalue weighted by Crippen LogP contribution is 2.57. The quantitative estimate of drug-likeness (QED) is 0.179. The third-order valence-electron chi connectivity index (χ3n) is 13.2. The third kappa shape index (κ3) is 5.09. The molecule has 8 aromatic rings. The highest BCUT2D eigenvalue weighted by Gasteiger charge is 2.42. The van der Waals surface area contributed by atoms with Crippen molar-refractivity contribution in [3.63, 3.8) is 0 Å². The van der Waals surface area contributed by atoms with Crippen LogP contribution in [-0.4, -0.2) is 0 Å². The van der Waals surface area contributed by atoms with Crippen LogP contribution in [-0.2, 0) is 21.7 Å². The van der Waals surface area contributed by atoms with Crippen LogP contribution in [0.4, 0.5) is 17.1 Å². The first-order chi connectivity index (χ1) is 27.2. The number of nitrogens with zero attached hydrogens (tertiary/aromatic N) is 1. The Bertz CT molecular complexity index is 2880. The summed E-state index contributed by atoms with van der Waals surface area (Å²) < 4.78 is 6.99. The molecule has 0 saturated carbocycles. The van der Waals surface area contributed by atoms with E-state index in [9.17, 15) is 0 Å². The maximum Gasteiger partial charge on any atom is 0.139 e. The largest absolute Gasteiger partial charge is 0.456 e. The molecule has 2 heteroatoms. The van der Waals surface area contributed by atoms with Gasteiger partial charge in [-0.1, -0.05) is 165 Å². The van der Waals surface area contributed by atoms with E-state index in [4.69, 9.17) is 4.42 Å². The van der Waals surface area contributed by atoms with Gasteiger partial charge in [0.1, 0.15) is 11.2 Å². The fraction of sp³-hybridized carbons (Fsp3) is 0.236. The Kier molecular flexibility index (Phi) is 7.53. The third-order valence-corrected chi connectivity index (χ3v) is 13.2. The van der Waals surface area contributed by atoms with Crippen molar-refractivity contribution in [1.29, 1.82) is 0 Å². The Morgan fingerprint density at radius 3 is 1.75 bits per heavy atom. The highest BCUT2D eigenvalue weighted by molar-refractivity contribution is 6.15. The normalized spacial score (nSPS) is 15.0. The first-order valence-electron chi connectivity index (χ1n) is 20.5. The van der Waals surface area contributed by atoms with Crippen LogP contribution in [0, 0.1) is 0 Å². The minimum atomic E-state index is -0.334. The number of anilines is 3. The van der Waals surface area contributed by atoms with Gasteiger partial charge >= 0.3 is 0 Å². The first kappa shape index (κ1) is 35.5. The molecule has 2 aliphatic carbocycles. The zero-order valence-electron chi connectivity index (χ0n) is 34.7. The monoisotopic (exact) mass is 741 g/mol. The summed E-state index contributed by atoms with van der Waals surface area (Å²) >= 11 is 0. The van der Waals surface area contributed by atoms with E-state index < -0.39 is 0 Å². The molecule has 0 amide bonds. The lowest BCUT2D eigenvalue weighted by molar-refractivity contribution is 0.559. The average molecular weight is 742 g/mol. The van der Waals surface area contributed by atoms with E-state index in [1.807, 2.05) is 0 Å². The van der Waals surface area contributed by atoms with Gasteiger partial charge in [-0.25, -0.2) is 0 Å². The van der Waals surface area contributed by atoms with Gasteiger partial charge in [0.05, 0.1) is 16.8 Å². The summed E-state index contributed by atoms with van der Waals surface area (Å²) in [6, 6.07) is 54.6. The number of hydrogen-bond acceptors (Lipinski definition) is 2. The van der Waals surface area contributed by atoms with Crippen LogP contribution < -0.4 is 4.90 Å². The van der Waals surface area contributed by atoms with Crippen LogP contribution in [0.2, 0.25) is 0 Å². The summed E-state index contributed by atoms with van der Waals surface area (Å²) in [6.07, 6.45) is 0. The van der Waals surface area contributed by atoms with E-state index in [2.05, 4.69) is 213 Å². The van der Waals surface area contributed by atoms with Crippen molar-refractivity contribution in [3.05, 3.63) is 185 Å². The number of benzene rings is 7. The van der Waals surface area contributed by atoms with Crippen molar-refractivity contribution >= 4 is 39.0 Å². The molecule has 2 nitrogen and oxygen atoms in total. The summed E-state index contributed by atoms with van der Waals surface area (Å²) in [5.74, 6) is 0. The maximum atomic E-state index is 6.99. The molecule has 0 unspecified atom stereocenters. The molecule has 57 heavy (non-hydrogen) atoms. The molecule has 1 aromatic heterocycles. The standard InChI is InChI=1S/C55H51NO/c1-52(2,3)35-32-40-50-47(29-18-30-48(50)57-51(40)45(33-35)53(4,5)6)56(46-28-17-27-44-49(46)39-23-12-13-24-41(39)54(44,7)8)36-20-16-19-34(31-36)55(9)42-25-14-10-21-37(42)38-22-11-15-26-43(38)55/h10-33H,1-9H3.